The molecule has 0 aliphatic carbocycles. The number of rotatable bonds is 8. The first kappa shape index (κ1) is 21.4. The summed E-state index contributed by atoms with van der Waals surface area (Å²) in [6.07, 6.45) is 4.38. The Labute approximate surface area is 181 Å². The number of halogens is 1. The van der Waals surface area contributed by atoms with Crippen LogP contribution < -0.4 is 20.1 Å². The standard InChI is InChI=1S/C22H24ClN5O2/c1-24-22(25-12-11-16-3-9-20(23)26-13-16)28-15-17-4-10-21(27-14-17)30-19-7-5-18(29-2)6-8-19/h3-10,13-14H,11-12,15H2,1-2H3,(H2,24,25,28). The third kappa shape index (κ3) is 6.63. The van der Waals surface area contributed by atoms with E-state index in [1.807, 2.05) is 42.5 Å². The van der Waals surface area contributed by atoms with Crippen LogP contribution in [-0.4, -0.2) is 36.6 Å². The van der Waals surface area contributed by atoms with Crippen molar-refractivity contribution in [3.05, 3.63) is 77.2 Å². The molecule has 0 aliphatic rings. The third-order valence-corrected chi connectivity index (χ3v) is 4.48. The molecule has 2 N–H and O–H groups in total. The van der Waals surface area contributed by atoms with Crippen molar-refractivity contribution >= 4 is 17.6 Å². The number of aliphatic imine (C=N–C) groups is 1. The molecular formula is C22H24ClN5O2. The summed E-state index contributed by atoms with van der Waals surface area (Å²) >= 11 is 5.81. The Morgan fingerprint density at radius 3 is 2.30 bits per heavy atom. The molecule has 0 bridgehead atoms. The van der Waals surface area contributed by atoms with Crippen molar-refractivity contribution in [2.24, 2.45) is 4.99 Å². The summed E-state index contributed by atoms with van der Waals surface area (Å²) in [6.45, 7) is 1.33. The number of benzene rings is 1. The van der Waals surface area contributed by atoms with E-state index in [2.05, 4.69) is 25.6 Å². The van der Waals surface area contributed by atoms with Gasteiger partial charge in [0.25, 0.3) is 0 Å². The highest BCUT2D eigenvalue weighted by atomic mass is 35.5. The molecule has 0 atom stereocenters. The van der Waals surface area contributed by atoms with Gasteiger partial charge >= 0.3 is 0 Å². The Bertz CT molecular complexity index is 945. The van der Waals surface area contributed by atoms with Crippen molar-refractivity contribution in [2.45, 2.75) is 13.0 Å². The van der Waals surface area contributed by atoms with Crippen LogP contribution in [0.25, 0.3) is 0 Å². The van der Waals surface area contributed by atoms with Crippen molar-refractivity contribution in [1.82, 2.24) is 20.6 Å². The molecule has 0 saturated carbocycles. The van der Waals surface area contributed by atoms with E-state index in [0.29, 0.717) is 23.3 Å². The second-order valence-electron chi connectivity index (χ2n) is 6.37. The molecule has 3 rings (SSSR count). The van der Waals surface area contributed by atoms with Crippen LogP contribution in [0.4, 0.5) is 0 Å². The molecule has 0 fully saturated rings. The lowest BCUT2D eigenvalue weighted by Crippen LogP contribution is -2.37. The average molecular weight is 426 g/mol. The van der Waals surface area contributed by atoms with Gasteiger partial charge in [-0.05, 0) is 47.9 Å². The molecule has 0 amide bonds. The Kier molecular flexibility index (Phi) is 7.86. The second kappa shape index (κ2) is 11.0. The van der Waals surface area contributed by atoms with E-state index < -0.39 is 0 Å². The van der Waals surface area contributed by atoms with Crippen molar-refractivity contribution in [3.63, 3.8) is 0 Å². The fourth-order valence-electron chi connectivity index (χ4n) is 2.63. The lowest BCUT2D eigenvalue weighted by atomic mass is 10.2. The maximum atomic E-state index is 5.81. The smallest absolute Gasteiger partial charge is 0.219 e. The lowest BCUT2D eigenvalue weighted by Gasteiger charge is -2.12. The molecule has 0 saturated heterocycles. The van der Waals surface area contributed by atoms with Crippen molar-refractivity contribution < 1.29 is 9.47 Å². The maximum absolute atomic E-state index is 5.81. The van der Waals surface area contributed by atoms with Crippen molar-refractivity contribution in [3.8, 4) is 17.4 Å². The fraction of sp³-hybridized carbons (Fsp3) is 0.227. The van der Waals surface area contributed by atoms with Gasteiger partial charge < -0.3 is 20.1 Å². The number of nitrogens with one attached hydrogen (secondary N) is 2. The van der Waals surface area contributed by atoms with Gasteiger partial charge in [-0.25, -0.2) is 9.97 Å². The van der Waals surface area contributed by atoms with Crippen LogP contribution in [-0.2, 0) is 13.0 Å². The first-order chi connectivity index (χ1) is 14.7. The van der Waals surface area contributed by atoms with Gasteiger partial charge in [-0.1, -0.05) is 23.7 Å². The molecule has 0 unspecified atom stereocenters. The molecule has 0 radical (unpaired) electrons. The number of hydrogen-bond donors (Lipinski definition) is 2. The summed E-state index contributed by atoms with van der Waals surface area (Å²) in [4.78, 5) is 12.7. The molecule has 2 heterocycles. The highest BCUT2D eigenvalue weighted by Crippen LogP contribution is 2.22. The number of aromatic nitrogens is 2. The number of ether oxygens (including phenoxy) is 2. The lowest BCUT2D eigenvalue weighted by molar-refractivity contribution is 0.412. The van der Waals surface area contributed by atoms with Gasteiger partial charge in [0.2, 0.25) is 5.88 Å². The van der Waals surface area contributed by atoms with E-state index in [9.17, 15) is 0 Å². The predicted octanol–water partition coefficient (Wildman–Crippen LogP) is 3.84. The van der Waals surface area contributed by atoms with E-state index in [1.54, 1.807) is 32.6 Å². The fourth-order valence-corrected chi connectivity index (χ4v) is 2.74. The van der Waals surface area contributed by atoms with Gasteiger partial charge in [0.1, 0.15) is 16.7 Å². The van der Waals surface area contributed by atoms with E-state index in [-0.39, 0.29) is 0 Å². The van der Waals surface area contributed by atoms with E-state index in [1.165, 1.54) is 0 Å². The number of methoxy groups -OCH3 is 1. The molecule has 0 aliphatic heterocycles. The maximum Gasteiger partial charge on any atom is 0.219 e. The SMILES string of the molecule is CN=C(NCCc1ccc(Cl)nc1)NCc1ccc(Oc2ccc(OC)cc2)nc1. The Hall–Kier alpha value is -3.32. The highest BCUT2D eigenvalue weighted by molar-refractivity contribution is 6.29. The molecular weight excluding hydrogens is 402 g/mol. The minimum absolute atomic E-state index is 0.498. The molecule has 8 heteroatoms. The van der Waals surface area contributed by atoms with Crippen LogP contribution in [0.2, 0.25) is 5.15 Å². The van der Waals surface area contributed by atoms with Crippen molar-refractivity contribution in [2.75, 3.05) is 20.7 Å². The van der Waals surface area contributed by atoms with Crippen LogP contribution in [0.1, 0.15) is 11.1 Å². The predicted molar refractivity (Wildman–Crippen MR) is 118 cm³/mol. The zero-order valence-corrected chi connectivity index (χ0v) is 17.7. The van der Waals surface area contributed by atoms with Crippen LogP contribution in [0.3, 0.4) is 0 Å². The van der Waals surface area contributed by atoms with Crippen LogP contribution >= 0.6 is 11.6 Å². The van der Waals surface area contributed by atoms with Crippen LogP contribution in [0.15, 0.2) is 65.9 Å². The summed E-state index contributed by atoms with van der Waals surface area (Å²) in [5.74, 6) is 2.73. The molecule has 0 spiro atoms. The van der Waals surface area contributed by atoms with Crippen molar-refractivity contribution in [1.29, 1.82) is 0 Å². The molecule has 156 valence electrons. The first-order valence-electron chi connectivity index (χ1n) is 9.48. The van der Waals surface area contributed by atoms with Gasteiger partial charge in [0.05, 0.1) is 7.11 Å². The van der Waals surface area contributed by atoms with Gasteiger partial charge in [-0.2, -0.15) is 0 Å². The van der Waals surface area contributed by atoms with Crippen LogP contribution in [0.5, 0.6) is 17.4 Å². The minimum Gasteiger partial charge on any atom is -0.497 e. The average Bonchev–Trinajstić information content (AvgIpc) is 2.79. The highest BCUT2D eigenvalue weighted by Gasteiger charge is 2.03. The van der Waals surface area contributed by atoms with Gasteiger partial charge in [-0.3, -0.25) is 4.99 Å². The minimum atomic E-state index is 0.498. The third-order valence-electron chi connectivity index (χ3n) is 4.26. The number of guanidine groups is 1. The summed E-state index contributed by atoms with van der Waals surface area (Å²) in [5, 5.41) is 7.05. The zero-order chi connectivity index (χ0) is 21.2. The van der Waals surface area contributed by atoms with Gasteiger partial charge in [-0.15, -0.1) is 0 Å². The van der Waals surface area contributed by atoms with E-state index in [0.717, 1.165) is 35.8 Å². The largest absolute Gasteiger partial charge is 0.497 e. The number of pyridine rings is 2. The summed E-state index contributed by atoms with van der Waals surface area (Å²) < 4.78 is 10.9. The normalized spacial score (nSPS) is 11.1. The molecule has 7 nitrogen and oxygen atoms in total. The Morgan fingerprint density at radius 2 is 1.67 bits per heavy atom. The van der Waals surface area contributed by atoms with Crippen LogP contribution in [0, 0.1) is 0 Å². The number of hydrogen-bond acceptors (Lipinski definition) is 5. The Morgan fingerprint density at radius 1 is 0.933 bits per heavy atom. The molecule has 1 aromatic carbocycles. The quantitative estimate of drug-likeness (QED) is 0.324. The van der Waals surface area contributed by atoms with E-state index >= 15 is 0 Å². The Balaban J connectivity index is 1.44. The van der Waals surface area contributed by atoms with Gasteiger partial charge in [0, 0.05) is 38.6 Å². The summed E-state index contributed by atoms with van der Waals surface area (Å²) in [7, 11) is 3.37. The molecule has 2 aromatic heterocycles. The first-order valence-corrected chi connectivity index (χ1v) is 9.86. The molecule has 30 heavy (non-hydrogen) atoms. The van der Waals surface area contributed by atoms with E-state index in [4.69, 9.17) is 21.1 Å². The summed E-state index contributed by atoms with van der Waals surface area (Å²) in [6, 6.07) is 14.9. The van der Waals surface area contributed by atoms with Gasteiger partial charge in [0.15, 0.2) is 5.96 Å². The topological polar surface area (TPSA) is 80.7 Å². The zero-order valence-electron chi connectivity index (χ0n) is 16.9. The monoisotopic (exact) mass is 425 g/mol. The number of nitrogens with zero attached hydrogens (tertiary/aromatic N) is 3. The molecule has 3 aromatic rings. The summed E-state index contributed by atoms with van der Waals surface area (Å²) in [5.41, 5.74) is 2.13. The second-order valence-corrected chi connectivity index (χ2v) is 6.76.